The zero-order chi connectivity index (χ0) is 18.1. The summed E-state index contributed by atoms with van der Waals surface area (Å²) in [5.41, 5.74) is 1.37. The van der Waals surface area contributed by atoms with E-state index in [1.807, 2.05) is 4.90 Å². The fourth-order valence-corrected chi connectivity index (χ4v) is 4.09. The number of hydrogen-bond acceptors (Lipinski definition) is 2. The Labute approximate surface area is 152 Å². The van der Waals surface area contributed by atoms with Crippen LogP contribution in [0.5, 0.6) is 0 Å². The average Bonchev–Trinajstić information content (AvgIpc) is 3.00. The monoisotopic (exact) mass is 356 g/mol. The zero-order valence-corrected chi connectivity index (χ0v) is 14.6. The highest BCUT2D eigenvalue weighted by atomic mass is 19.2. The first-order valence-electron chi connectivity index (χ1n) is 9.21. The molecule has 0 N–H and O–H groups in total. The summed E-state index contributed by atoms with van der Waals surface area (Å²) in [4.78, 5) is 17.3. The topological polar surface area (TPSA) is 23.6 Å². The predicted molar refractivity (Wildman–Crippen MR) is 96.9 cm³/mol. The normalized spacial score (nSPS) is 20.7. The van der Waals surface area contributed by atoms with E-state index in [9.17, 15) is 13.6 Å². The van der Waals surface area contributed by atoms with E-state index in [2.05, 4.69) is 4.90 Å². The van der Waals surface area contributed by atoms with Gasteiger partial charge in [0.25, 0.3) is 5.91 Å². The highest BCUT2D eigenvalue weighted by molar-refractivity contribution is 5.94. The number of fused-ring (bicyclic) bond motifs is 1. The number of halogens is 2. The lowest BCUT2D eigenvalue weighted by atomic mass is 10.0. The maximum absolute atomic E-state index is 14.0. The van der Waals surface area contributed by atoms with Crippen LogP contribution in [0.3, 0.4) is 0 Å². The third-order valence-electron chi connectivity index (χ3n) is 5.49. The summed E-state index contributed by atoms with van der Waals surface area (Å²) in [6.07, 6.45) is 3.36. The summed E-state index contributed by atoms with van der Waals surface area (Å²) in [5, 5.41) is 0. The van der Waals surface area contributed by atoms with Gasteiger partial charge in [0.1, 0.15) is 0 Å². The van der Waals surface area contributed by atoms with Crippen molar-refractivity contribution in [2.24, 2.45) is 0 Å². The number of hydrogen-bond donors (Lipinski definition) is 0. The molecule has 136 valence electrons. The van der Waals surface area contributed by atoms with Crippen molar-refractivity contribution in [3.8, 4) is 11.1 Å². The second-order valence-corrected chi connectivity index (χ2v) is 7.12. The molecule has 2 aromatic carbocycles. The fraction of sp³-hybridized carbons (Fsp3) is 0.381. The summed E-state index contributed by atoms with van der Waals surface area (Å²) < 4.78 is 27.4. The van der Waals surface area contributed by atoms with Crippen molar-refractivity contribution in [3.63, 3.8) is 0 Å². The van der Waals surface area contributed by atoms with Gasteiger partial charge in [-0.15, -0.1) is 0 Å². The first-order chi connectivity index (χ1) is 12.6. The van der Waals surface area contributed by atoms with Crippen LogP contribution in [-0.2, 0) is 0 Å². The Morgan fingerprint density at radius 1 is 0.962 bits per heavy atom. The number of rotatable bonds is 2. The zero-order valence-electron chi connectivity index (χ0n) is 14.6. The van der Waals surface area contributed by atoms with E-state index >= 15 is 0 Å². The Hall–Kier alpha value is -2.27. The standard InChI is InChI=1S/C21H22F2N2O/c22-19-6-1-5-18(20(19)23)15-7-9-16(10-8-15)21(26)25-13-3-12-24-11-2-4-17(24)14-25/h1,5-10,17H,2-4,11-14H2/t17-/m0/s1. The van der Waals surface area contributed by atoms with Gasteiger partial charge in [-0.3, -0.25) is 9.69 Å². The van der Waals surface area contributed by atoms with Crippen LogP contribution < -0.4 is 0 Å². The van der Waals surface area contributed by atoms with Crippen molar-refractivity contribution < 1.29 is 13.6 Å². The highest BCUT2D eigenvalue weighted by Gasteiger charge is 2.30. The Kier molecular flexibility index (Phi) is 4.72. The lowest BCUT2D eigenvalue weighted by molar-refractivity contribution is 0.0743. The lowest BCUT2D eigenvalue weighted by Crippen LogP contribution is -2.39. The second kappa shape index (κ2) is 7.16. The number of nitrogens with zero attached hydrogens (tertiary/aromatic N) is 2. The van der Waals surface area contributed by atoms with E-state index in [4.69, 9.17) is 0 Å². The largest absolute Gasteiger partial charge is 0.337 e. The Morgan fingerprint density at radius 2 is 1.73 bits per heavy atom. The molecule has 3 nitrogen and oxygen atoms in total. The summed E-state index contributed by atoms with van der Waals surface area (Å²) in [7, 11) is 0. The summed E-state index contributed by atoms with van der Waals surface area (Å²) in [6, 6.07) is 11.4. The molecule has 0 aromatic heterocycles. The van der Waals surface area contributed by atoms with Crippen LogP contribution in [0.25, 0.3) is 11.1 Å². The van der Waals surface area contributed by atoms with Crippen LogP contribution >= 0.6 is 0 Å². The predicted octanol–water partition coefficient (Wildman–Crippen LogP) is 3.94. The minimum Gasteiger partial charge on any atom is -0.337 e. The molecule has 0 saturated carbocycles. The number of amides is 1. The minimum atomic E-state index is -0.867. The lowest BCUT2D eigenvalue weighted by Gasteiger charge is -2.25. The Bertz CT molecular complexity index is 806. The molecular weight excluding hydrogens is 334 g/mol. The maximum atomic E-state index is 14.0. The van der Waals surface area contributed by atoms with Gasteiger partial charge < -0.3 is 4.90 Å². The molecule has 2 aromatic rings. The SMILES string of the molecule is O=C(c1ccc(-c2cccc(F)c2F)cc1)N1CCCN2CCC[C@H]2C1. The third-order valence-corrected chi connectivity index (χ3v) is 5.49. The van der Waals surface area contributed by atoms with Crippen molar-refractivity contribution >= 4 is 5.91 Å². The number of benzene rings is 2. The smallest absolute Gasteiger partial charge is 0.253 e. The molecule has 0 radical (unpaired) electrons. The average molecular weight is 356 g/mol. The van der Waals surface area contributed by atoms with Gasteiger partial charge in [-0.25, -0.2) is 8.78 Å². The van der Waals surface area contributed by atoms with Crippen molar-refractivity contribution in [2.45, 2.75) is 25.3 Å². The van der Waals surface area contributed by atoms with Crippen molar-refractivity contribution in [3.05, 3.63) is 59.7 Å². The summed E-state index contributed by atoms with van der Waals surface area (Å²) in [6.45, 7) is 3.75. The fourth-order valence-electron chi connectivity index (χ4n) is 4.09. The molecule has 0 aliphatic carbocycles. The number of carbonyl (C=O) groups excluding carboxylic acids is 1. The van der Waals surface area contributed by atoms with E-state index < -0.39 is 11.6 Å². The van der Waals surface area contributed by atoms with Gasteiger partial charge >= 0.3 is 0 Å². The molecule has 2 aliphatic rings. The minimum absolute atomic E-state index is 0.0185. The van der Waals surface area contributed by atoms with Gasteiger partial charge in [-0.1, -0.05) is 24.3 Å². The quantitative estimate of drug-likeness (QED) is 0.814. The van der Waals surface area contributed by atoms with Crippen LogP contribution in [0.4, 0.5) is 8.78 Å². The second-order valence-electron chi connectivity index (χ2n) is 7.12. The number of carbonyl (C=O) groups is 1. The van der Waals surface area contributed by atoms with Crippen LogP contribution in [0.2, 0.25) is 0 Å². The van der Waals surface area contributed by atoms with Gasteiger partial charge in [0.15, 0.2) is 11.6 Å². The molecular formula is C21H22F2N2O. The van der Waals surface area contributed by atoms with E-state index in [-0.39, 0.29) is 11.5 Å². The van der Waals surface area contributed by atoms with Gasteiger partial charge in [-0.05, 0) is 49.6 Å². The van der Waals surface area contributed by atoms with Crippen LogP contribution in [0.15, 0.2) is 42.5 Å². The molecule has 1 amide bonds. The van der Waals surface area contributed by atoms with Gasteiger partial charge in [0.2, 0.25) is 0 Å². The molecule has 2 heterocycles. The molecule has 2 aliphatic heterocycles. The van der Waals surface area contributed by atoms with Gasteiger partial charge in [0, 0.05) is 36.8 Å². The molecule has 2 saturated heterocycles. The molecule has 2 fully saturated rings. The highest BCUT2D eigenvalue weighted by Crippen LogP contribution is 2.26. The van der Waals surface area contributed by atoms with Crippen molar-refractivity contribution in [2.75, 3.05) is 26.2 Å². The Balaban J connectivity index is 1.53. The van der Waals surface area contributed by atoms with Crippen molar-refractivity contribution in [1.82, 2.24) is 9.80 Å². The first-order valence-corrected chi connectivity index (χ1v) is 9.21. The van der Waals surface area contributed by atoms with E-state index in [1.54, 1.807) is 30.3 Å². The molecule has 0 spiro atoms. The maximum Gasteiger partial charge on any atom is 0.253 e. The molecule has 4 rings (SSSR count). The molecule has 1 atom stereocenters. The van der Waals surface area contributed by atoms with Crippen LogP contribution in [0.1, 0.15) is 29.6 Å². The molecule has 5 heteroatoms. The van der Waals surface area contributed by atoms with E-state index in [1.165, 1.54) is 12.5 Å². The van der Waals surface area contributed by atoms with Crippen molar-refractivity contribution in [1.29, 1.82) is 0 Å². The van der Waals surface area contributed by atoms with Gasteiger partial charge in [-0.2, -0.15) is 0 Å². The Morgan fingerprint density at radius 3 is 2.54 bits per heavy atom. The molecule has 0 unspecified atom stereocenters. The van der Waals surface area contributed by atoms with Crippen LogP contribution in [-0.4, -0.2) is 47.9 Å². The first kappa shape index (κ1) is 17.2. The molecule has 0 bridgehead atoms. The van der Waals surface area contributed by atoms with E-state index in [0.717, 1.165) is 45.1 Å². The molecule has 26 heavy (non-hydrogen) atoms. The summed E-state index contributed by atoms with van der Waals surface area (Å²) >= 11 is 0. The third kappa shape index (κ3) is 3.23. The van der Waals surface area contributed by atoms with E-state index in [0.29, 0.717) is 17.2 Å². The van der Waals surface area contributed by atoms with Gasteiger partial charge in [0.05, 0.1) is 0 Å². The van der Waals surface area contributed by atoms with Crippen LogP contribution in [0, 0.1) is 11.6 Å². The summed E-state index contributed by atoms with van der Waals surface area (Å²) in [5.74, 6) is -1.71.